The van der Waals surface area contributed by atoms with Crippen molar-refractivity contribution in [1.82, 2.24) is 0 Å². The number of halogens is 4. The predicted octanol–water partition coefficient (Wildman–Crippen LogP) is 2.99. The second kappa shape index (κ2) is 5.81. The minimum Gasteiger partial charge on any atom is -0.478 e. The summed E-state index contributed by atoms with van der Waals surface area (Å²) in [5, 5.41) is 8.64. The molecule has 1 aromatic rings. The molecule has 0 fully saturated rings. The van der Waals surface area contributed by atoms with E-state index in [0.717, 1.165) is 6.07 Å². The second-order valence-electron chi connectivity index (χ2n) is 3.50. The van der Waals surface area contributed by atoms with Gasteiger partial charge in [0.25, 0.3) is 0 Å². The first kappa shape index (κ1) is 14.4. The topological polar surface area (TPSA) is 46.5 Å². The number of benzene rings is 1. The van der Waals surface area contributed by atoms with E-state index in [9.17, 15) is 22.4 Å². The van der Waals surface area contributed by atoms with Gasteiger partial charge in [0.05, 0.1) is 25.2 Å². The Morgan fingerprint density at radius 2 is 2.00 bits per heavy atom. The molecule has 0 aliphatic rings. The van der Waals surface area contributed by atoms with Crippen molar-refractivity contribution >= 4 is 5.97 Å². The molecule has 100 valence electrons. The molecule has 0 saturated heterocycles. The molecule has 1 aromatic carbocycles. The van der Waals surface area contributed by atoms with E-state index in [4.69, 9.17) is 5.11 Å². The van der Waals surface area contributed by atoms with Crippen molar-refractivity contribution < 1.29 is 32.2 Å². The van der Waals surface area contributed by atoms with E-state index in [-0.39, 0.29) is 5.56 Å². The average Bonchev–Trinajstić information content (AvgIpc) is 2.24. The maximum Gasteiger partial charge on any atom is 0.391 e. The van der Waals surface area contributed by atoms with Crippen LogP contribution in [0.25, 0.3) is 0 Å². The van der Waals surface area contributed by atoms with Crippen LogP contribution < -0.4 is 0 Å². The van der Waals surface area contributed by atoms with Gasteiger partial charge in [0.1, 0.15) is 5.82 Å². The monoisotopic (exact) mass is 266 g/mol. The molecule has 1 rings (SSSR count). The van der Waals surface area contributed by atoms with Gasteiger partial charge < -0.3 is 9.84 Å². The summed E-state index contributed by atoms with van der Waals surface area (Å²) in [6.07, 6.45) is -5.46. The highest BCUT2D eigenvalue weighted by atomic mass is 19.4. The quantitative estimate of drug-likeness (QED) is 0.658. The number of hydrogen-bond donors (Lipinski definition) is 1. The highest BCUT2D eigenvalue weighted by Crippen LogP contribution is 2.20. The third kappa shape index (κ3) is 4.33. The van der Waals surface area contributed by atoms with Crippen molar-refractivity contribution in [3.63, 3.8) is 0 Å². The Bertz CT molecular complexity index is 429. The van der Waals surface area contributed by atoms with Crippen molar-refractivity contribution in [2.24, 2.45) is 0 Å². The molecule has 0 radical (unpaired) electrons. The number of aromatic carboxylic acids is 1. The van der Waals surface area contributed by atoms with Crippen LogP contribution in [0.5, 0.6) is 0 Å². The lowest BCUT2D eigenvalue weighted by Gasteiger charge is -2.08. The highest BCUT2D eigenvalue weighted by molar-refractivity contribution is 5.88. The van der Waals surface area contributed by atoms with Crippen LogP contribution in [0.3, 0.4) is 0 Å². The molecule has 0 aromatic heterocycles. The van der Waals surface area contributed by atoms with Gasteiger partial charge in [-0.05, 0) is 6.07 Å². The van der Waals surface area contributed by atoms with Crippen LogP contribution in [0.15, 0.2) is 18.2 Å². The molecule has 0 atom stereocenters. The largest absolute Gasteiger partial charge is 0.478 e. The molecule has 0 aliphatic heterocycles. The first-order valence-electron chi connectivity index (χ1n) is 4.96. The van der Waals surface area contributed by atoms with Crippen LogP contribution in [-0.2, 0) is 11.3 Å². The van der Waals surface area contributed by atoms with Gasteiger partial charge in [-0.1, -0.05) is 12.1 Å². The van der Waals surface area contributed by atoms with Gasteiger partial charge >= 0.3 is 12.1 Å². The van der Waals surface area contributed by atoms with Crippen LogP contribution >= 0.6 is 0 Å². The minimum absolute atomic E-state index is 0.0860. The fourth-order valence-electron chi connectivity index (χ4n) is 1.23. The van der Waals surface area contributed by atoms with Crippen LogP contribution in [0.1, 0.15) is 22.3 Å². The first-order chi connectivity index (χ1) is 8.31. The van der Waals surface area contributed by atoms with E-state index in [1.165, 1.54) is 12.1 Å². The molecule has 0 saturated carbocycles. The summed E-state index contributed by atoms with van der Waals surface area (Å²) >= 11 is 0. The third-order valence-electron chi connectivity index (χ3n) is 2.10. The Kier molecular flexibility index (Phi) is 4.66. The Hall–Kier alpha value is -1.63. The summed E-state index contributed by atoms with van der Waals surface area (Å²) in [6, 6.07) is 3.63. The molecule has 0 bridgehead atoms. The smallest absolute Gasteiger partial charge is 0.391 e. The lowest BCUT2D eigenvalue weighted by atomic mass is 10.1. The predicted molar refractivity (Wildman–Crippen MR) is 53.7 cm³/mol. The van der Waals surface area contributed by atoms with Gasteiger partial charge in [0.15, 0.2) is 0 Å². The number of rotatable bonds is 5. The maximum absolute atomic E-state index is 13.5. The molecule has 0 amide bonds. The van der Waals surface area contributed by atoms with Gasteiger partial charge in [-0.25, -0.2) is 9.18 Å². The van der Waals surface area contributed by atoms with Crippen molar-refractivity contribution in [1.29, 1.82) is 0 Å². The van der Waals surface area contributed by atoms with Gasteiger partial charge in [0, 0.05) is 5.56 Å². The number of ether oxygens (including phenoxy) is 1. The van der Waals surface area contributed by atoms with E-state index in [2.05, 4.69) is 4.74 Å². The lowest BCUT2D eigenvalue weighted by molar-refractivity contribution is -0.146. The lowest BCUT2D eigenvalue weighted by Crippen LogP contribution is -2.12. The highest BCUT2D eigenvalue weighted by Gasteiger charge is 2.26. The van der Waals surface area contributed by atoms with Crippen molar-refractivity contribution in [3.8, 4) is 0 Å². The molecule has 1 N–H and O–H groups in total. The van der Waals surface area contributed by atoms with Gasteiger partial charge in [0.2, 0.25) is 0 Å². The van der Waals surface area contributed by atoms with Crippen LogP contribution in [-0.4, -0.2) is 23.9 Å². The zero-order valence-electron chi connectivity index (χ0n) is 9.13. The van der Waals surface area contributed by atoms with Crippen LogP contribution in [0.2, 0.25) is 0 Å². The molecule has 0 unspecified atom stereocenters. The van der Waals surface area contributed by atoms with Crippen LogP contribution in [0, 0.1) is 5.82 Å². The van der Waals surface area contributed by atoms with Gasteiger partial charge in [-0.2, -0.15) is 13.2 Å². The Labute approximate surface area is 100.0 Å². The number of carboxylic acid groups (broad SMARTS) is 1. The van der Waals surface area contributed by atoms with E-state index >= 15 is 0 Å². The summed E-state index contributed by atoms with van der Waals surface area (Å²) < 4.78 is 53.6. The fraction of sp³-hybridized carbons (Fsp3) is 0.364. The number of carboxylic acids is 1. The Morgan fingerprint density at radius 1 is 1.33 bits per heavy atom. The zero-order valence-corrected chi connectivity index (χ0v) is 9.13. The summed E-state index contributed by atoms with van der Waals surface area (Å²) in [5.74, 6) is -2.43. The SMILES string of the molecule is O=C(O)c1cccc(COCCC(F)(F)F)c1F. The third-order valence-corrected chi connectivity index (χ3v) is 2.10. The summed E-state index contributed by atoms with van der Waals surface area (Å²) in [7, 11) is 0. The molecule has 18 heavy (non-hydrogen) atoms. The molecule has 3 nitrogen and oxygen atoms in total. The Balaban J connectivity index is 2.58. The molecule has 0 heterocycles. The maximum atomic E-state index is 13.5. The molecule has 0 aliphatic carbocycles. The summed E-state index contributed by atoms with van der Waals surface area (Å²) in [6.45, 7) is -0.997. The first-order valence-corrected chi connectivity index (χ1v) is 4.96. The summed E-state index contributed by atoms with van der Waals surface area (Å²) in [4.78, 5) is 10.6. The van der Waals surface area contributed by atoms with E-state index in [1.807, 2.05) is 0 Å². The van der Waals surface area contributed by atoms with Gasteiger partial charge in [-0.3, -0.25) is 0 Å². The normalized spacial score (nSPS) is 11.6. The van der Waals surface area contributed by atoms with Crippen molar-refractivity contribution in [3.05, 3.63) is 35.1 Å². The number of alkyl halides is 3. The summed E-state index contributed by atoms with van der Waals surface area (Å²) in [5.41, 5.74) is -0.621. The molecule has 7 heteroatoms. The molecular weight excluding hydrogens is 256 g/mol. The van der Waals surface area contributed by atoms with Gasteiger partial charge in [-0.15, -0.1) is 0 Å². The van der Waals surface area contributed by atoms with E-state index in [1.54, 1.807) is 0 Å². The van der Waals surface area contributed by atoms with Crippen molar-refractivity contribution in [2.75, 3.05) is 6.61 Å². The standard InChI is InChI=1S/C11H10F4O3/c12-9-7(2-1-3-8(9)10(16)17)6-18-5-4-11(13,14)15/h1-3H,4-6H2,(H,16,17). The van der Waals surface area contributed by atoms with E-state index in [0.29, 0.717) is 0 Å². The molecular formula is C11H10F4O3. The van der Waals surface area contributed by atoms with Crippen LogP contribution in [0.4, 0.5) is 17.6 Å². The minimum atomic E-state index is -4.33. The molecule has 0 spiro atoms. The van der Waals surface area contributed by atoms with E-state index < -0.39 is 43.2 Å². The van der Waals surface area contributed by atoms with Crippen molar-refractivity contribution in [2.45, 2.75) is 19.2 Å². The number of carbonyl (C=O) groups is 1. The Morgan fingerprint density at radius 3 is 2.56 bits per heavy atom. The second-order valence-corrected chi connectivity index (χ2v) is 3.50. The average molecular weight is 266 g/mol. The fourth-order valence-corrected chi connectivity index (χ4v) is 1.23. The number of hydrogen-bond acceptors (Lipinski definition) is 2. The zero-order chi connectivity index (χ0) is 13.8.